The zero-order valence-electron chi connectivity index (χ0n) is 14.9. The van der Waals surface area contributed by atoms with Crippen LogP contribution in [0.2, 0.25) is 0 Å². The first-order valence-electron chi connectivity index (χ1n) is 8.03. The fraction of sp³-hybridized carbons (Fsp3) is 0.263. The molecule has 0 heterocycles. The van der Waals surface area contributed by atoms with E-state index in [2.05, 4.69) is 10.6 Å². The molecule has 0 spiro atoms. The molecule has 2 aromatic rings. The van der Waals surface area contributed by atoms with Crippen LogP contribution in [0.1, 0.15) is 6.92 Å². The average Bonchev–Trinajstić information content (AvgIpc) is 2.67. The van der Waals surface area contributed by atoms with Crippen LogP contribution in [0, 0.1) is 0 Å². The molecule has 1 atom stereocenters. The number of benzene rings is 2. The Labute approximate surface area is 157 Å². The lowest BCUT2D eigenvalue weighted by atomic mass is 10.3. The lowest BCUT2D eigenvalue weighted by molar-refractivity contribution is -0.115. The number of carbonyl (C=O) groups is 2. The summed E-state index contributed by atoms with van der Waals surface area (Å²) in [6.07, 6.45) is 0. The van der Waals surface area contributed by atoms with Gasteiger partial charge >= 0.3 is 0 Å². The number of thioether (sulfide) groups is 1. The van der Waals surface area contributed by atoms with Crippen molar-refractivity contribution in [3.05, 3.63) is 48.5 Å². The van der Waals surface area contributed by atoms with E-state index < -0.39 is 0 Å². The van der Waals surface area contributed by atoms with E-state index in [1.807, 2.05) is 12.1 Å². The van der Waals surface area contributed by atoms with Crippen molar-refractivity contribution in [2.24, 2.45) is 0 Å². The van der Waals surface area contributed by atoms with Gasteiger partial charge in [-0.1, -0.05) is 12.1 Å². The van der Waals surface area contributed by atoms with Crippen molar-refractivity contribution in [1.29, 1.82) is 0 Å². The van der Waals surface area contributed by atoms with Gasteiger partial charge in [0.15, 0.2) is 0 Å². The van der Waals surface area contributed by atoms with Crippen molar-refractivity contribution in [1.82, 2.24) is 0 Å². The Bertz CT molecular complexity index is 749. The van der Waals surface area contributed by atoms with E-state index in [-0.39, 0.29) is 22.8 Å². The van der Waals surface area contributed by atoms with E-state index in [4.69, 9.17) is 9.47 Å². The van der Waals surface area contributed by atoms with Crippen LogP contribution in [0.4, 0.5) is 11.4 Å². The molecule has 0 saturated carbocycles. The third kappa shape index (κ3) is 5.70. The number of anilines is 2. The van der Waals surface area contributed by atoms with Crippen molar-refractivity contribution in [3.8, 4) is 11.5 Å². The summed E-state index contributed by atoms with van der Waals surface area (Å²) in [5, 5.41) is 5.23. The number of hydrogen-bond acceptors (Lipinski definition) is 5. The summed E-state index contributed by atoms with van der Waals surface area (Å²) in [7, 11) is 3.13. The SMILES string of the molecule is COc1ccc(NC(=O)[C@@H](C)SCC(=O)Nc2ccccc2OC)cc1. The van der Waals surface area contributed by atoms with Crippen LogP contribution in [0.25, 0.3) is 0 Å². The third-order valence-corrected chi connectivity index (χ3v) is 4.72. The molecule has 0 fully saturated rings. The Balaban J connectivity index is 1.81. The summed E-state index contributed by atoms with van der Waals surface area (Å²) < 4.78 is 10.3. The quantitative estimate of drug-likeness (QED) is 0.741. The van der Waals surface area contributed by atoms with Crippen LogP contribution < -0.4 is 20.1 Å². The molecular weight excluding hydrogens is 352 g/mol. The van der Waals surface area contributed by atoms with Crippen LogP contribution in [0.5, 0.6) is 11.5 Å². The number of carbonyl (C=O) groups excluding carboxylic acids is 2. The highest BCUT2D eigenvalue weighted by molar-refractivity contribution is 8.01. The minimum Gasteiger partial charge on any atom is -0.497 e. The molecule has 0 unspecified atom stereocenters. The number of nitrogens with one attached hydrogen (secondary N) is 2. The first-order chi connectivity index (χ1) is 12.5. The molecule has 2 rings (SSSR count). The molecule has 6 nitrogen and oxygen atoms in total. The molecule has 2 aromatic carbocycles. The molecule has 0 saturated heterocycles. The maximum Gasteiger partial charge on any atom is 0.237 e. The standard InChI is InChI=1S/C19H22N2O4S/c1-13(19(23)20-14-8-10-15(24-2)11-9-14)26-12-18(22)21-16-6-4-5-7-17(16)25-3/h4-11,13H,12H2,1-3H3,(H,20,23)(H,21,22)/t13-/m1/s1. The van der Waals surface area contributed by atoms with Gasteiger partial charge in [0.1, 0.15) is 11.5 Å². The number of rotatable bonds is 8. The molecule has 2 N–H and O–H groups in total. The monoisotopic (exact) mass is 374 g/mol. The highest BCUT2D eigenvalue weighted by atomic mass is 32.2. The van der Waals surface area contributed by atoms with Crippen LogP contribution in [0.3, 0.4) is 0 Å². The highest BCUT2D eigenvalue weighted by Crippen LogP contribution is 2.23. The minimum absolute atomic E-state index is 0.162. The minimum atomic E-state index is -0.375. The summed E-state index contributed by atoms with van der Waals surface area (Å²) in [5.74, 6) is 1.12. The largest absolute Gasteiger partial charge is 0.497 e. The number of hydrogen-bond donors (Lipinski definition) is 2. The summed E-state index contributed by atoms with van der Waals surface area (Å²) in [5.41, 5.74) is 1.29. The van der Waals surface area contributed by atoms with Crippen molar-refractivity contribution < 1.29 is 19.1 Å². The lowest BCUT2D eigenvalue weighted by Crippen LogP contribution is -2.25. The van der Waals surface area contributed by atoms with Crippen LogP contribution in [-0.2, 0) is 9.59 Å². The number of amides is 2. The number of methoxy groups -OCH3 is 2. The van der Waals surface area contributed by atoms with E-state index in [0.29, 0.717) is 17.1 Å². The molecule has 138 valence electrons. The van der Waals surface area contributed by atoms with Gasteiger partial charge < -0.3 is 20.1 Å². The van der Waals surface area contributed by atoms with Gasteiger partial charge in [-0.2, -0.15) is 0 Å². The molecule has 7 heteroatoms. The van der Waals surface area contributed by atoms with E-state index in [1.165, 1.54) is 11.8 Å². The van der Waals surface area contributed by atoms with Gasteiger partial charge in [0.25, 0.3) is 0 Å². The van der Waals surface area contributed by atoms with Gasteiger partial charge in [0.05, 0.1) is 30.9 Å². The molecule has 0 aliphatic carbocycles. The smallest absolute Gasteiger partial charge is 0.237 e. The Kier molecular flexibility index (Phi) is 7.35. The van der Waals surface area contributed by atoms with Gasteiger partial charge in [0, 0.05) is 5.69 Å². The Morgan fingerprint density at radius 2 is 1.69 bits per heavy atom. The van der Waals surface area contributed by atoms with Gasteiger partial charge in [-0.3, -0.25) is 9.59 Å². The molecule has 26 heavy (non-hydrogen) atoms. The molecular formula is C19H22N2O4S. The first-order valence-corrected chi connectivity index (χ1v) is 9.07. The molecule has 0 bridgehead atoms. The normalized spacial score (nSPS) is 11.3. The van der Waals surface area contributed by atoms with Crippen molar-refractivity contribution in [3.63, 3.8) is 0 Å². The Hall–Kier alpha value is -2.67. The van der Waals surface area contributed by atoms with Crippen molar-refractivity contribution in [2.75, 3.05) is 30.6 Å². The van der Waals surface area contributed by atoms with Crippen LogP contribution >= 0.6 is 11.8 Å². The third-order valence-electron chi connectivity index (χ3n) is 3.57. The summed E-state index contributed by atoms with van der Waals surface area (Å²) in [6, 6.07) is 14.3. The number of ether oxygens (including phenoxy) is 2. The van der Waals surface area contributed by atoms with Gasteiger partial charge in [-0.25, -0.2) is 0 Å². The van der Waals surface area contributed by atoms with E-state index in [9.17, 15) is 9.59 Å². The lowest BCUT2D eigenvalue weighted by Gasteiger charge is -2.13. The van der Waals surface area contributed by atoms with E-state index in [0.717, 1.165) is 5.75 Å². The Morgan fingerprint density at radius 1 is 1.00 bits per heavy atom. The first kappa shape index (κ1) is 19.7. The predicted molar refractivity (Wildman–Crippen MR) is 105 cm³/mol. The van der Waals surface area contributed by atoms with Gasteiger partial charge in [-0.05, 0) is 43.3 Å². The molecule has 0 radical (unpaired) electrons. The van der Waals surface area contributed by atoms with Gasteiger partial charge in [0.2, 0.25) is 11.8 Å². The van der Waals surface area contributed by atoms with Gasteiger partial charge in [-0.15, -0.1) is 11.8 Å². The topological polar surface area (TPSA) is 76.7 Å². The van der Waals surface area contributed by atoms with Crippen molar-refractivity contribution in [2.45, 2.75) is 12.2 Å². The summed E-state index contributed by atoms with van der Waals surface area (Å²) in [4.78, 5) is 24.3. The zero-order valence-corrected chi connectivity index (χ0v) is 15.8. The van der Waals surface area contributed by atoms with Crippen LogP contribution in [-0.4, -0.2) is 37.0 Å². The second-order valence-corrected chi connectivity index (χ2v) is 6.75. The van der Waals surface area contributed by atoms with Crippen LogP contribution in [0.15, 0.2) is 48.5 Å². The maximum absolute atomic E-state index is 12.2. The fourth-order valence-electron chi connectivity index (χ4n) is 2.13. The molecule has 2 amide bonds. The molecule has 0 aliphatic rings. The summed E-state index contributed by atoms with van der Waals surface area (Å²) >= 11 is 1.26. The average molecular weight is 374 g/mol. The Morgan fingerprint density at radius 3 is 2.35 bits per heavy atom. The zero-order chi connectivity index (χ0) is 18.9. The van der Waals surface area contributed by atoms with E-state index in [1.54, 1.807) is 57.5 Å². The van der Waals surface area contributed by atoms with E-state index >= 15 is 0 Å². The number of para-hydroxylation sites is 2. The second-order valence-electron chi connectivity index (χ2n) is 5.42. The highest BCUT2D eigenvalue weighted by Gasteiger charge is 2.16. The second kappa shape index (κ2) is 9.72. The molecule has 0 aliphatic heterocycles. The van der Waals surface area contributed by atoms with Crippen molar-refractivity contribution >= 4 is 35.0 Å². The maximum atomic E-state index is 12.2. The fourth-order valence-corrected chi connectivity index (χ4v) is 2.81. The summed E-state index contributed by atoms with van der Waals surface area (Å²) in [6.45, 7) is 1.76. The predicted octanol–water partition coefficient (Wildman–Crippen LogP) is 3.40. The molecule has 0 aromatic heterocycles.